The molecule has 0 aliphatic heterocycles. The van der Waals surface area contributed by atoms with Gasteiger partial charge in [0.05, 0.1) is 18.3 Å². The molecule has 0 radical (unpaired) electrons. The van der Waals surface area contributed by atoms with Crippen molar-refractivity contribution in [3.8, 4) is 0 Å². The highest BCUT2D eigenvalue weighted by atomic mass is 32.2. The molecule has 0 N–H and O–H groups in total. The first kappa shape index (κ1) is 11.5. The van der Waals surface area contributed by atoms with Crippen molar-refractivity contribution in [3.05, 3.63) is 0 Å². The zero-order valence-corrected chi connectivity index (χ0v) is 9.56. The first-order valence-electron chi connectivity index (χ1n) is 4.56. The number of hydrogen-bond donors (Lipinski definition) is 0. The van der Waals surface area contributed by atoms with Gasteiger partial charge < -0.3 is 4.74 Å². The van der Waals surface area contributed by atoms with Gasteiger partial charge >= 0.3 is 5.97 Å². The highest BCUT2D eigenvalue weighted by Gasteiger charge is 2.56. The Morgan fingerprint density at radius 1 is 1.57 bits per heavy atom. The van der Waals surface area contributed by atoms with Crippen LogP contribution in [0.5, 0.6) is 0 Å². The molecule has 0 aromatic carbocycles. The Bertz CT molecular complexity index is 333. The molecule has 0 saturated heterocycles. The van der Waals surface area contributed by atoms with Crippen LogP contribution in [0.3, 0.4) is 0 Å². The van der Waals surface area contributed by atoms with Crippen LogP contribution in [0.15, 0.2) is 0 Å². The molecule has 82 valence electrons. The van der Waals surface area contributed by atoms with Crippen molar-refractivity contribution in [2.45, 2.75) is 19.8 Å². The number of methoxy groups -OCH3 is 1. The lowest BCUT2D eigenvalue weighted by atomic mass is 10.1. The number of esters is 1. The standard InChI is InChI=1S/C9H16O4S/c1-9(8(10)13-2)6-7(9)4-5-14(3,11)12/h7H,4-6H2,1-3H3/t7-,9+/m1/s1. The molecule has 14 heavy (non-hydrogen) atoms. The molecule has 2 atom stereocenters. The predicted octanol–water partition coefficient (Wildman–Crippen LogP) is 0.620. The topological polar surface area (TPSA) is 60.4 Å². The first-order valence-corrected chi connectivity index (χ1v) is 6.62. The van der Waals surface area contributed by atoms with Crippen molar-refractivity contribution < 1.29 is 17.9 Å². The number of sulfone groups is 1. The smallest absolute Gasteiger partial charge is 0.311 e. The molecule has 0 amide bonds. The number of carbonyl (C=O) groups excluding carboxylic acids is 1. The van der Waals surface area contributed by atoms with E-state index in [1.165, 1.54) is 13.4 Å². The van der Waals surface area contributed by atoms with Crippen LogP contribution < -0.4 is 0 Å². The average Bonchev–Trinajstić information content (AvgIpc) is 2.73. The summed E-state index contributed by atoms with van der Waals surface area (Å²) in [5.74, 6) is 0.102. The number of hydrogen-bond acceptors (Lipinski definition) is 4. The minimum absolute atomic E-state index is 0.157. The Labute approximate surface area is 84.6 Å². The van der Waals surface area contributed by atoms with Crippen molar-refractivity contribution >= 4 is 15.8 Å². The largest absolute Gasteiger partial charge is 0.469 e. The summed E-state index contributed by atoms with van der Waals surface area (Å²) in [5, 5.41) is 0. The van der Waals surface area contributed by atoms with Crippen LogP contribution in [0.2, 0.25) is 0 Å². The van der Waals surface area contributed by atoms with E-state index in [1.807, 2.05) is 6.92 Å². The third-order valence-electron chi connectivity index (χ3n) is 2.90. The Kier molecular flexibility index (Phi) is 2.90. The SMILES string of the molecule is COC(=O)[C@@]1(C)C[C@H]1CCS(C)(=O)=O. The van der Waals surface area contributed by atoms with E-state index in [-0.39, 0.29) is 17.6 Å². The number of ether oxygens (including phenoxy) is 1. The molecule has 0 unspecified atom stereocenters. The number of rotatable bonds is 4. The van der Waals surface area contributed by atoms with E-state index in [0.29, 0.717) is 6.42 Å². The molecule has 0 heterocycles. The van der Waals surface area contributed by atoms with E-state index >= 15 is 0 Å². The summed E-state index contributed by atoms with van der Waals surface area (Å²) in [6.45, 7) is 1.83. The first-order chi connectivity index (χ1) is 6.29. The second kappa shape index (κ2) is 3.53. The molecule has 1 aliphatic carbocycles. The Morgan fingerprint density at radius 2 is 2.14 bits per heavy atom. The lowest BCUT2D eigenvalue weighted by Gasteiger charge is -2.07. The minimum Gasteiger partial charge on any atom is -0.469 e. The van der Waals surface area contributed by atoms with Crippen molar-refractivity contribution in [1.29, 1.82) is 0 Å². The van der Waals surface area contributed by atoms with Crippen LogP contribution in [0.1, 0.15) is 19.8 Å². The Hall–Kier alpha value is -0.580. The quantitative estimate of drug-likeness (QED) is 0.652. The highest BCUT2D eigenvalue weighted by molar-refractivity contribution is 7.90. The normalized spacial score (nSPS) is 31.2. The molecule has 0 aromatic heterocycles. The molecule has 0 bridgehead atoms. The van der Waals surface area contributed by atoms with Crippen molar-refractivity contribution in [2.24, 2.45) is 11.3 Å². The lowest BCUT2D eigenvalue weighted by Crippen LogP contribution is -2.17. The maximum Gasteiger partial charge on any atom is 0.311 e. The molecule has 5 heteroatoms. The zero-order valence-electron chi connectivity index (χ0n) is 8.74. The maximum absolute atomic E-state index is 11.3. The van der Waals surface area contributed by atoms with E-state index in [4.69, 9.17) is 0 Å². The van der Waals surface area contributed by atoms with Gasteiger partial charge in [-0.15, -0.1) is 0 Å². The van der Waals surface area contributed by atoms with E-state index < -0.39 is 15.3 Å². The minimum atomic E-state index is -2.91. The van der Waals surface area contributed by atoms with Gasteiger partial charge in [-0.2, -0.15) is 0 Å². The van der Waals surface area contributed by atoms with Crippen molar-refractivity contribution in [3.63, 3.8) is 0 Å². The second-order valence-corrected chi connectivity index (χ2v) is 6.49. The van der Waals surface area contributed by atoms with Crippen molar-refractivity contribution in [2.75, 3.05) is 19.1 Å². The third-order valence-corrected chi connectivity index (χ3v) is 3.88. The van der Waals surface area contributed by atoms with Gasteiger partial charge in [0.2, 0.25) is 0 Å². The van der Waals surface area contributed by atoms with Crippen LogP contribution in [-0.2, 0) is 19.4 Å². The van der Waals surface area contributed by atoms with Gasteiger partial charge in [0.15, 0.2) is 0 Å². The lowest BCUT2D eigenvalue weighted by molar-refractivity contribution is -0.147. The van der Waals surface area contributed by atoms with Gasteiger partial charge in [-0.05, 0) is 25.7 Å². The van der Waals surface area contributed by atoms with E-state index in [1.54, 1.807) is 0 Å². The molecular formula is C9H16O4S. The molecule has 1 rings (SSSR count). The second-order valence-electron chi connectivity index (χ2n) is 4.23. The van der Waals surface area contributed by atoms with E-state index in [9.17, 15) is 13.2 Å². The molecule has 0 spiro atoms. The van der Waals surface area contributed by atoms with Crippen LogP contribution in [0, 0.1) is 11.3 Å². The van der Waals surface area contributed by atoms with Crippen LogP contribution in [0.4, 0.5) is 0 Å². The summed E-state index contributed by atoms with van der Waals surface area (Å²) in [5.41, 5.74) is -0.431. The summed E-state index contributed by atoms with van der Waals surface area (Å²) < 4.78 is 26.4. The van der Waals surface area contributed by atoms with Gasteiger partial charge in [0.25, 0.3) is 0 Å². The van der Waals surface area contributed by atoms with E-state index in [0.717, 1.165) is 6.42 Å². The molecule has 1 aliphatic rings. The summed E-state index contributed by atoms with van der Waals surface area (Å²) in [7, 11) is -1.55. The third kappa shape index (κ3) is 2.47. The van der Waals surface area contributed by atoms with Gasteiger partial charge in [0.1, 0.15) is 9.84 Å². The fourth-order valence-electron chi connectivity index (χ4n) is 1.71. The summed E-state index contributed by atoms with van der Waals surface area (Å²) in [6, 6.07) is 0. The zero-order chi connectivity index (χ0) is 11.0. The molecule has 1 fully saturated rings. The molecule has 0 aromatic rings. The van der Waals surface area contributed by atoms with Gasteiger partial charge in [-0.25, -0.2) is 8.42 Å². The summed E-state index contributed by atoms with van der Waals surface area (Å²) in [4.78, 5) is 11.3. The highest BCUT2D eigenvalue weighted by Crippen LogP contribution is 2.54. The Balaban J connectivity index is 2.43. The van der Waals surface area contributed by atoms with Gasteiger partial charge in [-0.1, -0.05) is 0 Å². The van der Waals surface area contributed by atoms with Crippen LogP contribution in [0.25, 0.3) is 0 Å². The molecule has 1 saturated carbocycles. The van der Waals surface area contributed by atoms with Crippen LogP contribution >= 0.6 is 0 Å². The maximum atomic E-state index is 11.3. The number of carbonyl (C=O) groups is 1. The van der Waals surface area contributed by atoms with Crippen molar-refractivity contribution in [1.82, 2.24) is 0 Å². The fourth-order valence-corrected chi connectivity index (χ4v) is 2.43. The van der Waals surface area contributed by atoms with Crippen LogP contribution in [-0.4, -0.2) is 33.5 Å². The average molecular weight is 220 g/mol. The summed E-state index contributed by atoms with van der Waals surface area (Å²) in [6.07, 6.45) is 2.52. The van der Waals surface area contributed by atoms with E-state index in [2.05, 4.69) is 4.74 Å². The predicted molar refractivity (Wildman–Crippen MR) is 52.6 cm³/mol. The van der Waals surface area contributed by atoms with Gasteiger partial charge in [-0.3, -0.25) is 4.79 Å². The fraction of sp³-hybridized carbons (Fsp3) is 0.889. The van der Waals surface area contributed by atoms with Gasteiger partial charge in [0, 0.05) is 6.26 Å². The summed E-state index contributed by atoms with van der Waals surface area (Å²) >= 11 is 0. The monoisotopic (exact) mass is 220 g/mol. The molecule has 4 nitrogen and oxygen atoms in total. The molecular weight excluding hydrogens is 204 g/mol. The Morgan fingerprint density at radius 3 is 2.57 bits per heavy atom.